The van der Waals surface area contributed by atoms with Crippen LogP contribution < -0.4 is 10.5 Å². The average Bonchev–Trinajstić information content (AvgIpc) is 2.95. The molecule has 2 amide bonds. The van der Waals surface area contributed by atoms with Crippen molar-refractivity contribution in [2.45, 2.75) is 38.9 Å². The third-order valence-electron chi connectivity index (χ3n) is 3.64. The average molecular weight is 320 g/mol. The Balaban J connectivity index is 1.91. The van der Waals surface area contributed by atoms with E-state index >= 15 is 0 Å². The number of nitrogens with two attached hydrogens (primary N) is 1. The highest BCUT2D eigenvalue weighted by molar-refractivity contribution is 5.80. The van der Waals surface area contributed by atoms with Gasteiger partial charge in [-0.25, -0.2) is 0 Å². The van der Waals surface area contributed by atoms with Crippen LogP contribution in [0.2, 0.25) is 0 Å². The summed E-state index contributed by atoms with van der Waals surface area (Å²) in [4.78, 5) is 25.0. The number of amides is 2. The van der Waals surface area contributed by atoms with Gasteiger partial charge in [-0.1, -0.05) is 18.2 Å². The second kappa shape index (κ2) is 7.97. The van der Waals surface area contributed by atoms with Gasteiger partial charge in [0.25, 0.3) is 0 Å². The molecule has 0 aliphatic carbocycles. The third kappa shape index (κ3) is 5.25. The molecular weight excluding hydrogens is 296 g/mol. The van der Waals surface area contributed by atoms with E-state index in [-0.39, 0.29) is 24.7 Å². The minimum absolute atomic E-state index is 0.0370. The molecule has 126 valence electrons. The predicted molar refractivity (Wildman–Crippen MR) is 86.0 cm³/mol. The van der Waals surface area contributed by atoms with Crippen molar-refractivity contribution < 1.29 is 19.1 Å². The first-order valence-corrected chi connectivity index (χ1v) is 7.88. The van der Waals surface area contributed by atoms with Crippen LogP contribution in [0.3, 0.4) is 0 Å². The van der Waals surface area contributed by atoms with Crippen molar-refractivity contribution in [3.63, 3.8) is 0 Å². The summed E-state index contributed by atoms with van der Waals surface area (Å²) >= 11 is 0. The van der Waals surface area contributed by atoms with Crippen LogP contribution in [-0.4, -0.2) is 48.6 Å². The zero-order valence-corrected chi connectivity index (χ0v) is 13.7. The van der Waals surface area contributed by atoms with E-state index in [1.807, 2.05) is 38.1 Å². The van der Waals surface area contributed by atoms with E-state index in [0.29, 0.717) is 19.5 Å². The Morgan fingerprint density at radius 1 is 1.35 bits per heavy atom. The van der Waals surface area contributed by atoms with Gasteiger partial charge in [0.1, 0.15) is 12.4 Å². The molecule has 2 N–H and O–H groups in total. The van der Waals surface area contributed by atoms with E-state index in [1.54, 1.807) is 4.90 Å². The summed E-state index contributed by atoms with van der Waals surface area (Å²) in [5, 5.41) is 0. The molecule has 6 heteroatoms. The lowest BCUT2D eigenvalue weighted by Crippen LogP contribution is -2.32. The van der Waals surface area contributed by atoms with Gasteiger partial charge in [0, 0.05) is 18.7 Å². The van der Waals surface area contributed by atoms with Crippen LogP contribution in [-0.2, 0) is 20.7 Å². The number of nitrogens with zero attached hydrogens (tertiary/aromatic N) is 1. The van der Waals surface area contributed by atoms with Crippen molar-refractivity contribution in [3.05, 3.63) is 29.8 Å². The fourth-order valence-electron chi connectivity index (χ4n) is 2.58. The molecule has 1 atom stereocenters. The topological polar surface area (TPSA) is 81.9 Å². The highest BCUT2D eigenvalue weighted by Gasteiger charge is 2.27. The van der Waals surface area contributed by atoms with Crippen molar-refractivity contribution >= 4 is 11.8 Å². The fraction of sp³-hybridized carbons (Fsp3) is 0.529. The maximum Gasteiger partial charge on any atom is 0.243 e. The molecule has 2 rings (SSSR count). The summed E-state index contributed by atoms with van der Waals surface area (Å²) in [6.07, 6.45) is 0.965. The Hall–Kier alpha value is -2.08. The van der Waals surface area contributed by atoms with Crippen molar-refractivity contribution in [2.75, 3.05) is 19.7 Å². The Bertz CT molecular complexity index is 559. The van der Waals surface area contributed by atoms with Gasteiger partial charge in [0.05, 0.1) is 18.6 Å². The second-order valence-electron chi connectivity index (χ2n) is 5.98. The molecular formula is C17H24N2O4. The molecule has 6 nitrogen and oxygen atoms in total. The maximum absolute atomic E-state index is 12.5. The van der Waals surface area contributed by atoms with Gasteiger partial charge in [0.15, 0.2) is 0 Å². The largest absolute Gasteiger partial charge is 0.491 e. The molecule has 0 spiro atoms. The van der Waals surface area contributed by atoms with Crippen LogP contribution in [0, 0.1) is 0 Å². The molecule has 1 unspecified atom stereocenters. The van der Waals surface area contributed by atoms with E-state index in [1.165, 1.54) is 0 Å². The first-order valence-electron chi connectivity index (χ1n) is 7.88. The number of para-hydroxylation sites is 1. The molecule has 1 aromatic rings. The number of rotatable bonds is 7. The standard InChI is InChI=1S/C17H24N2O4/c1-12(2)23-15-6-4-3-5-13(15)9-17(21)19-8-7-14(10-19)22-11-16(18)20/h3-6,12,14H,7-11H2,1-2H3,(H2,18,20). The van der Waals surface area contributed by atoms with Gasteiger partial charge in [-0.05, 0) is 26.3 Å². The lowest BCUT2D eigenvalue weighted by atomic mass is 10.1. The van der Waals surface area contributed by atoms with Crippen molar-refractivity contribution in [1.82, 2.24) is 4.90 Å². The zero-order chi connectivity index (χ0) is 16.8. The highest BCUT2D eigenvalue weighted by Crippen LogP contribution is 2.22. The normalized spacial score (nSPS) is 17.5. The minimum Gasteiger partial charge on any atom is -0.491 e. The van der Waals surface area contributed by atoms with E-state index < -0.39 is 5.91 Å². The molecule has 1 fully saturated rings. The molecule has 1 saturated heterocycles. The van der Waals surface area contributed by atoms with E-state index in [0.717, 1.165) is 17.7 Å². The van der Waals surface area contributed by atoms with Gasteiger partial charge in [-0.3, -0.25) is 9.59 Å². The van der Waals surface area contributed by atoms with Gasteiger partial charge in [0.2, 0.25) is 11.8 Å². The molecule has 1 heterocycles. The fourth-order valence-corrected chi connectivity index (χ4v) is 2.58. The number of hydrogen-bond acceptors (Lipinski definition) is 4. The second-order valence-corrected chi connectivity index (χ2v) is 5.98. The predicted octanol–water partition coefficient (Wildman–Crippen LogP) is 1.12. The smallest absolute Gasteiger partial charge is 0.243 e. The summed E-state index contributed by atoms with van der Waals surface area (Å²) in [6.45, 7) is 4.95. The quantitative estimate of drug-likeness (QED) is 0.816. The first kappa shape index (κ1) is 17.3. The number of benzene rings is 1. The molecule has 0 saturated carbocycles. The van der Waals surface area contributed by atoms with Crippen LogP contribution in [0.1, 0.15) is 25.8 Å². The summed E-state index contributed by atoms with van der Waals surface area (Å²) in [7, 11) is 0. The van der Waals surface area contributed by atoms with Gasteiger partial charge in [-0.15, -0.1) is 0 Å². The molecule has 1 aromatic carbocycles. The first-order chi connectivity index (χ1) is 11.0. The SMILES string of the molecule is CC(C)Oc1ccccc1CC(=O)N1CCC(OCC(N)=O)C1. The molecule has 0 aromatic heterocycles. The zero-order valence-electron chi connectivity index (χ0n) is 13.7. The lowest BCUT2D eigenvalue weighted by molar-refractivity contribution is -0.130. The monoisotopic (exact) mass is 320 g/mol. The van der Waals surface area contributed by atoms with Crippen molar-refractivity contribution in [2.24, 2.45) is 5.73 Å². The minimum atomic E-state index is -0.491. The molecule has 23 heavy (non-hydrogen) atoms. The lowest BCUT2D eigenvalue weighted by Gasteiger charge is -2.18. The van der Waals surface area contributed by atoms with E-state index in [4.69, 9.17) is 15.2 Å². The highest BCUT2D eigenvalue weighted by atomic mass is 16.5. The summed E-state index contributed by atoms with van der Waals surface area (Å²) in [5.74, 6) is 0.293. The maximum atomic E-state index is 12.5. The Morgan fingerprint density at radius 2 is 2.09 bits per heavy atom. The van der Waals surface area contributed by atoms with Gasteiger partial charge < -0.3 is 20.1 Å². The number of primary amides is 1. The van der Waals surface area contributed by atoms with Crippen molar-refractivity contribution in [1.29, 1.82) is 0 Å². The van der Waals surface area contributed by atoms with Crippen LogP contribution in [0.4, 0.5) is 0 Å². The summed E-state index contributed by atoms with van der Waals surface area (Å²) in [6, 6.07) is 7.59. The Labute approximate surface area is 136 Å². The number of hydrogen-bond donors (Lipinski definition) is 1. The van der Waals surface area contributed by atoms with Crippen LogP contribution in [0.15, 0.2) is 24.3 Å². The molecule has 1 aliphatic heterocycles. The van der Waals surface area contributed by atoms with E-state index in [9.17, 15) is 9.59 Å². The Morgan fingerprint density at radius 3 is 2.78 bits per heavy atom. The number of likely N-dealkylation sites (tertiary alicyclic amines) is 1. The Kier molecular flexibility index (Phi) is 5.98. The number of carbonyl (C=O) groups is 2. The summed E-state index contributed by atoms with van der Waals surface area (Å²) < 4.78 is 11.1. The molecule has 0 radical (unpaired) electrons. The molecule has 0 bridgehead atoms. The van der Waals surface area contributed by atoms with Crippen LogP contribution in [0.25, 0.3) is 0 Å². The van der Waals surface area contributed by atoms with E-state index in [2.05, 4.69) is 0 Å². The number of carbonyl (C=O) groups excluding carboxylic acids is 2. The van der Waals surface area contributed by atoms with Gasteiger partial charge >= 0.3 is 0 Å². The van der Waals surface area contributed by atoms with Crippen molar-refractivity contribution in [3.8, 4) is 5.75 Å². The van der Waals surface area contributed by atoms with Crippen LogP contribution in [0.5, 0.6) is 5.75 Å². The molecule has 1 aliphatic rings. The summed E-state index contributed by atoms with van der Waals surface area (Å²) in [5.41, 5.74) is 5.95. The third-order valence-corrected chi connectivity index (χ3v) is 3.64. The number of ether oxygens (including phenoxy) is 2. The van der Waals surface area contributed by atoms with Gasteiger partial charge in [-0.2, -0.15) is 0 Å². The van der Waals surface area contributed by atoms with Crippen LogP contribution >= 0.6 is 0 Å².